The Bertz CT molecular complexity index is 2380. The Morgan fingerprint density at radius 2 is 1.20 bits per heavy atom. The molecule has 208 valence electrons. The first kappa shape index (κ1) is 24.8. The second-order valence-corrected chi connectivity index (χ2v) is 11.3. The van der Waals surface area contributed by atoms with E-state index in [0.717, 1.165) is 39.5 Å². The highest BCUT2D eigenvalue weighted by Gasteiger charge is 2.26. The molecule has 2 heterocycles. The lowest BCUT2D eigenvalue weighted by molar-refractivity contribution is 0.627. The molecule has 9 rings (SSSR count). The Labute approximate surface area is 255 Å². The number of hydrogen-bond acceptors (Lipinski definition) is 3. The van der Waals surface area contributed by atoms with Gasteiger partial charge in [0.15, 0.2) is 0 Å². The minimum atomic E-state index is 0.696. The molecular formula is C41H28N2O. The van der Waals surface area contributed by atoms with E-state index in [-0.39, 0.29) is 0 Å². The van der Waals surface area contributed by atoms with Crippen molar-refractivity contribution in [3.8, 4) is 11.1 Å². The standard InChI is InChI=1S/C41H28N2O/c1-2-11-30(12-3-1)43(37-24-25-42-41-40(37)35-16-8-9-17-38(35)44-41)31-22-20-28(21-23-31)36-26-29-19-18-27-10-4-5-13-32(27)39(29)34-15-7-6-14-33(34)36/h1-24,26,42H,25H2. The average Bonchev–Trinajstić information content (AvgIpc) is 3.48. The highest BCUT2D eigenvalue weighted by Crippen LogP contribution is 2.44. The first-order valence-corrected chi connectivity index (χ1v) is 15.1. The zero-order valence-corrected chi connectivity index (χ0v) is 24.0. The number of furan rings is 1. The molecular weight excluding hydrogens is 536 g/mol. The third-order valence-corrected chi connectivity index (χ3v) is 8.85. The number of anilines is 3. The molecule has 0 aliphatic carbocycles. The molecule has 0 saturated heterocycles. The van der Waals surface area contributed by atoms with Crippen LogP contribution in [0.15, 0.2) is 156 Å². The zero-order chi connectivity index (χ0) is 29.0. The monoisotopic (exact) mass is 564 g/mol. The van der Waals surface area contributed by atoms with Crippen LogP contribution in [0.4, 0.5) is 17.3 Å². The molecule has 0 unspecified atom stereocenters. The predicted molar refractivity (Wildman–Crippen MR) is 186 cm³/mol. The summed E-state index contributed by atoms with van der Waals surface area (Å²) in [6, 6.07) is 52.2. The van der Waals surface area contributed by atoms with E-state index in [1.165, 1.54) is 43.4 Å². The van der Waals surface area contributed by atoms with Gasteiger partial charge in [-0.05, 0) is 85.9 Å². The second-order valence-electron chi connectivity index (χ2n) is 11.3. The molecule has 7 aromatic carbocycles. The van der Waals surface area contributed by atoms with Gasteiger partial charge in [-0.15, -0.1) is 0 Å². The van der Waals surface area contributed by atoms with E-state index in [2.05, 4.69) is 150 Å². The first-order valence-electron chi connectivity index (χ1n) is 15.1. The van der Waals surface area contributed by atoms with E-state index in [9.17, 15) is 0 Å². The highest BCUT2D eigenvalue weighted by atomic mass is 16.3. The van der Waals surface area contributed by atoms with Crippen molar-refractivity contribution >= 4 is 66.2 Å². The Balaban J connectivity index is 1.21. The van der Waals surface area contributed by atoms with Crippen LogP contribution in [0.1, 0.15) is 5.56 Å². The molecule has 0 atom stereocenters. The van der Waals surface area contributed by atoms with Crippen LogP contribution in [0.25, 0.3) is 60.1 Å². The van der Waals surface area contributed by atoms with Gasteiger partial charge >= 0.3 is 0 Å². The summed E-state index contributed by atoms with van der Waals surface area (Å²) in [6.07, 6.45) is 2.26. The number of nitrogens with one attached hydrogen (secondary N) is 1. The molecule has 3 heteroatoms. The SMILES string of the molecule is C1=C(N(c2ccccc2)c2ccc(-c3cc4ccc5ccccc5c4c4ccccc34)cc2)c2c(oc3ccccc23)NC1. The third kappa shape index (κ3) is 3.83. The van der Waals surface area contributed by atoms with Gasteiger partial charge in [0.25, 0.3) is 0 Å². The van der Waals surface area contributed by atoms with Gasteiger partial charge in [0.2, 0.25) is 5.88 Å². The highest BCUT2D eigenvalue weighted by molar-refractivity contribution is 6.23. The summed E-state index contributed by atoms with van der Waals surface area (Å²) in [5, 5.41) is 12.2. The van der Waals surface area contributed by atoms with Crippen molar-refractivity contribution in [2.45, 2.75) is 0 Å². The molecule has 44 heavy (non-hydrogen) atoms. The largest absolute Gasteiger partial charge is 0.440 e. The Morgan fingerprint density at radius 1 is 0.545 bits per heavy atom. The molecule has 0 fully saturated rings. The van der Waals surface area contributed by atoms with Crippen LogP contribution in [0.2, 0.25) is 0 Å². The van der Waals surface area contributed by atoms with Crippen molar-refractivity contribution in [3.05, 3.63) is 157 Å². The van der Waals surface area contributed by atoms with Crippen LogP contribution in [0.5, 0.6) is 0 Å². The molecule has 0 spiro atoms. The fraction of sp³-hybridized carbons (Fsp3) is 0.0244. The molecule has 0 saturated carbocycles. The van der Waals surface area contributed by atoms with Crippen molar-refractivity contribution in [2.24, 2.45) is 0 Å². The molecule has 1 aromatic heterocycles. The lowest BCUT2D eigenvalue weighted by atomic mass is 9.90. The molecule has 0 bridgehead atoms. The van der Waals surface area contributed by atoms with Crippen LogP contribution < -0.4 is 10.2 Å². The van der Waals surface area contributed by atoms with Crippen LogP contribution in [-0.4, -0.2) is 6.54 Å². The van der Waals surface area contributed by atoms with Gasteiger partial charge in [-0.2, -0.15) is 0 Å². The molecule has 1 aliphatic rings. The fourth-order valence-corrected chi connectivity index (χ4v) is 6.88. The van der Waals surface area contributed by atoms with Crippen LogP contribution in [-0.2, 0) is 0 Å². The van der Waals surface area contributed by atoms with Gasteiger partial charge in [0.1, 0.15) is 5.58 Å². The van der Waals surface area contributed by atoms with Gasteiger partial charge in [-0.1, -0.05) is 109 Å². The molecule has 0 radical (unpaired) electrons. The minimum absolute atomic E-state index is 0.696. The summed E-state index contributed by atoms with van der Waals surface area (Å²) >= 11 is 0. The van der Waals surface area contributed by atoms with Crippen molar-refractivity contribution in [1.82, 2.24) is 0 Å². The molecule has 1 N–H and O–H groups in total. The number of fused-ring (bicyclic) bond motifs is 8. The van der Waals surface area contributed by atoms with E-state index in [0.29, 0.717) is 6.54 Å². The van der Waals surface area contributed by atoms with E-state index in [1.807, 2.05) is 12.1 Å². The number of para-hydroxylation sites is 2. The Kier molecular flexibility index (Phi) is 5.57. The second kappa shape index (κ2) is 9.89. The van der Waals surface area contributed by atoms with Crippen LogP contribution >= 0.6 is 0 Å². The van der Waals surface area contributed by atoms with Crippen LogP contribution in [0, 0.1) is 0 Å². The first-order chi connectivity index (χ1) is 21.8. The van der Waals surface area contributed by atoms with Gasteiger partial charge in [0, 0.05) is 23.3 Å². The summed E-state index contributed by atoms with van der Waals surface area (Å²) in [5.41, 5.74) is 7.73. The number of nitrogens with zero attached hydrogens (tertiary/aromatic N) is 1. The van der Waals surface area contributed by atoms with E-state index in [1.54, 1.807) is 0 Å². The summed E-state index contributed by atoms with van der Waals surface area (Å²) in [5.74, 6) is 0.816. The summed E-state index contributed by atoms with van der Waals surface area (Å²) in [4.78, 5) is 2.34. The van der Waals surface area contributed by atoms with Gasteiger partial charge in [-0.25, -0.2) is 0 Å². The average molecular weight is 565 g/mol. The summed E-state index contributed by atoms with van der Waals surface area (Å²) in [7, 11) is 0. The normalized spacial score (nSPS) is 12.8. The molecule has 3 nitrogen and oxygen atoms in total. The number of hydrogen-bond donors (Lipinski definition) is 1. The maximum atomic E-state index is 6.24. The maximum Gasteiger partial charge on any atom is 0.203 e. The van der Waals surface area contributed by atoms with E-state index in [4.69, 9.17) is 4.42 Å². The minimum Gasteiger partial charge on any atom is -0.440 e. The predicted octanol–water partition coefficient (Wildman–Crippen LogP) is 11.2. The zero-order valence-electron chi connectivity index (χ0n) is 24.0. The molecule has 8 aromatic rings. The maximum absolute atomic E-state index is 6.24. The summed E-state index contributed by atoms with van der Waals surface area (Å²) in [6.45, 7) is 0.696. The molecule has 0 amide bonds. The lowest BCUT2D eigenvalue weighted by Gasteiger charge is -2.30. The van der Waals surface area contributed by atoms with Gasteiger partial charge in [-0.3, -0.25) is 0 Å². The number of rotatable bonds is 4. The van der Waals surface area contributed by atoms with Crippen LogP contribution in [0.3, 0.4) is 0 Å². The Morgan fingerprint density at radius 3 is 2.05 bits per heavy atom. The van der Waals surface area contributed by atoms with Crippen molar-refractivity contribution < 1.29 is 4.42 Å². The fourth-order valence-electron chi connectivity index (χ4n) is 6.88. The van der Waals surface area contributed by atoms with E-state index >= 15 is 0 Å². The third-order valence-electron chi connectivity index (χ3n) is 8.85. The quantitative estimate of drug-likeness (QED) is 0.216. The smallest absolute Gasteiger partial charge is 0.203 e. The topological polar surface area (TPSA) is 28.4 Å². The van der Waals surface area contributed by atoms with Crippen molar-refractivity contribution in [2.75, 3.05) is 16.8 Å². The van der Waals surface area contributed by atoms with E-state index < -0.39 is 0 Å². The molecule has 1 aliphatic heterocycles. The van der Waals surface area contributed by atoms with Crippen molar-refractivity contribution in [3.63, 3.8) is 0 Å². The van der Waals surface area contributed by atoms with Gasteiger partial charge in [0.05, 0.1) is 11.3 Å². The summed E-state index contributed by atoms with van der Waals surface area (Å²) < 4.78 is 6.24. The number of benzene rings is 7. The van der Waals surface area contributed by atoms with Gasteiger partial charge < -0.3 is 14.6 Å². The lowest BCUT2D eigenvalue weighted by Crippen LogP contribution is -2.20. The van der Waals surface area contributed by atoms with Crippen molar-refractivity contribution in [1.29, 1.82) is 0 Å². The Hall–Kier alpha value is -5.80.